The van der Waals surface area contributed by atoms with E-state index in [1.807, 2.05) is 24.3 Å². The van der Waals surface area contributed by atoms with Crippen LogP contribution in [0.5, 0.6) is 0 Å². The highest BCUT2D eigenvalue weighted by atomic mass is 127. The number of nitrogens with zero attached hydrogens (tertiary/aromatic N) is 2. The van der Waals surface area contributed by atoms with Crippen molar-refractivity contribution in [1.82, 2.24) is 10.6 Å². The fraction of sp³-hybridized carbons (Fsp3) is 0.444. The van der Waals surface area contributed by atoms with Gasteiger partial charge in [0, 0.05) is 20.1 Å². The van der Waals surface area contributed by atoms with Gasteiger partial charge in [0.15, 0.2) is 5.96 Å². The average molecular weight is 424 g/mol. The van der Waals surface area contributed by atoms with E-state index in [0.717, 1.165) is 24.5 Å². The molecule has 0 aliphatic heterocycles. The van der Waals surface area contributed by atoms with Gasteiger partial charge in [-0.05, 0) is 49.8 Å². The molecule has 4 nitrogen and oxygen atoms in total. The van der Waals surface area contributed by atoms with E-state index in [9.17, 15) is 0 Å². The van der Waals surface area contributed by atoms with Gasteiger partial charge in [-0.1, -0.05) is 23.8 Å². The first-order chi connectivity index (χ1) is 10.8. The van der Waals surface area contributed by atoms with Crippen molar-refractivity contribution in [3.8, 4) is 6.07 Å². The molecule has 2 rings (SSSR count). The van der Waals surface area contributed by atoms with Crippen molar-refractivity contribution in [2.24, 2.45) is 4.99 Å². The molecule has 2 N–H and O–H groups in total. The number of benzene rings is 1. The van der Waals surface area contributed by atoms with E-state index in [0.29, 0.717) is 12.1 Å². The molecule has 1 aliphatic carbocycles. The number of allylic oxidation sites excluding steroid dienone is 1. The van der Waals surface area contributed by atoms with Crippen LogP contribution in [0.1, 0.15) is 43.2 Å². The molecule has 5 heteroatoms. The molecule has 124 valence electrons. The van der Waals surface area contributed by atoms with Crippen LogP contribution in [-0.2, 0) is 6.54 Å². The predicted octanol–water partition coefficient (Wildman–Crippen LogP) is 3.73. The number of halogens is 1. The number of aliphatic imine (C=N–C) groups is 1. The quantitative estimate of drug-likeness (QED) is 0.328. The molecule has 1 aliphatic rings. The van der Waals surface area contributed by atoms with E-state index in [1.165, 1.54) is 25.7 Å². The lowest BCUT2D eigenvalue weighted by molar-refractivity contribution is 0.665. The minimum atomic E-state index is 0. The summed E-state index contributed by atoms with van der Waals surface area (Å²) in [6.45, 7) is 1.62. The smallest absolute Gasteiger partial charge is 0.191 e. The zero-order valence-electron chi connectivity index (χ0n) is 13.6. The molecule has 1 aromatic rings. The molecular formula is C18H25IN4. The maximum atomic E-state index is 8.79. The molecule has 0 spiro atoms. The minimum absolute atomic E-state index is 0. The predicted molar refractivity (Wildman–Crippen MR) is 106 cm³/mol. The molecule has 1 aromatic carbocycles. The maximum absolute atomic E-state index is 8.79. The fourth-order valence-corrected chi connectivity index (χ4v) is 2.58. The summed E-state index contributed by atoms with van der Waals surface area (Å²) >= 11 is 0. The van der Waals surface area contributed by atoms with Crippen LogP contribution < -0.4 is 10.6 Å². The lowest BCUT2D eigenvalue weighted by atomic mass is 9.97. The van der Waals surface area contributed by atoms with Crippen LogP contribution in [0.2, 0.25) is 0 Å². The lowest BCUT2D eigenvalue weighted by Gasteiger charge is -2.15. The number of hydrogen-bond donors (Lipinski definition) is 2. The zero-order chi connectivity index (χ0) is 15.6. The third-order valence-corrected chi connectivity index (χ3v) is 3.89. The summed E-state index contributed by atoms with van der Waals surface area (Å²) in [5.41, 5.74) is 3.39. The maximum Gasteiger partial charge on any atom is 0.191 e. The van der Waals surface area contributed by atoms with Crippen molar-refractivity contribution in [3.05, 3.63) is 47.0 Å². The number of rotatable bonds is 5. The first kappa shape index (κ1) is 19.5. The Kier molecular flexibility index (Phi) is 9.37. The van der Waals surface area contributed by atoms with Gasteiger partial charge in [0.05, 0.1) is 11.6 Å². The summed E-state index contributed by atoms with van der Waals surface area (Å²) in [4.78, 5) is 4.24. The van der Waals surface area contributed by atoms with Crippen molar-refractivity contribution in [2.75, 3.05) is 13.6 Å². The average Bonchev–Trinajstić information content (AvgIpc) is 2.59. The van der Waals surface area contributed by atoms with Gasteiger partial charge in [-0.3, -0.25) is 4.99 Å². The summed E-state index contributed by atoms with van der Waals surface area (Å²) in [6.07, 6.45) is 8.64. The van der Waals surface area contributed by atoms with Crippen LogP contribution in [0, 0.1) is 11.3 Å². The van der Waals surface area contributed by atoms with Gasteiger partial charge < -0.3 is 10.6 Å². The molecule has 0 fully saturated rings. The number of nitriles is 1. The summed E-state index contributed by atoms with van der Waals surface area (Å²) in [7, 11) is 1.79. The Hall–Kier alpha value is -1.55. The summed E-state index contributed by atoms with van der Waals surface area (Å²) in [5.74, 6) is 0.820. The van der Waals surface area contributed by atoms with Crippen molar-refractivity contribution < 1.29 is 0 Å². The molecule has 23 heavy (non-hydrogen) atoms. The van der Waals surface area contributed by atoms with E-state index in [4.69, 9.17) is 5.26 Å². The van der Waals surface area contributed by atoms with Crippen molar-refractivity contribution >= 4 is 29.9 Å². The zero-order valence-corrected chi connectivity index (χ0v) is 16.0. The second-order valence-corrected chi connectivity index (χ2v) is 5.52. The van der Waals surface area contributed by atoms with Crippen molar-refractivity contribution in [2.45, 2.75) is 38.6 Å². The second-order valence-electron chi connectivity index (χ2n) is 5.52. The lowest BCUT2D eigenvalue weighted by Crippen LogP contribution is -2.37. The molecule has 0 bridgehead atoms. The van der Waals surface area contributed by atoms with Crippen LogP contribution in [0.15, 0.2) is 40.9 Å². The molecule has 0 aromatic heterocycles. The Balaban J connectivity index is 0.00000264. The van der Waals surface area contributed by atoms with Crippen molar-refractivity contribution in [3.63, 3.8) is 0 Å². The van der Waals surface area contributed by atoms with Crippen molar-refractivity contribution in [1.29, 1.82) is 5.26 Å². The van der Waals surface area contributed by atoms with Crippen LogP contribution in [-0.4, -0.2) is 19.6 Å². The van der Waals surface area contributed by atoms with Gasteiger partial charge in [0.25, 0.3) is 0 Å². The van der Waals surface area contributed by atoms with E-state index in [-0.39, 0.29) is 24.0 Å². The van der Waals surface area contributed by atoms with Crippen LogP contribution in [0.25, 0.3) is 0 Å². The van der Waals surface area contributed by atoms with Crippen LogP contribution >= 0.6 is 24.0 Å². The molecule has 0 unspecified atom stereocenters. The highest BCUT2D eigenvalue weighted by molar-refractivity contribution is 14.0. The monoisotopic (exact) mass is 424 g/mol. The van der Waals surface area contributed by atoms with Gasteiger partial charge in [-0.25, -0.2) is 0 Å². The molecule has 0 radical (unpaired) electrons. The molecule has 0 saturated heterocycles. The summed E-state index contributed by atoms with van der Waals surface area (Å²) < 4.78 is 0. The van der Waals surface area contributed by atoms with Gasteiger partial charge in [0.1, 0.15) is 0 Å². The standard InChI is InChI=1S/C18H24N4.HI/c1-20-18(21-12-11-15-5-3-2-4-6-15)22-14-17-9-7-16(13-19)8-10-17;/h5,7-10H,2-4,6,11-12,14H2,1H3,(H2,20,21,22);1H. The van der Waals surface area contributed by atoms with E-state index in [1.54, 1.807) is 12.6 Å². The molecule has 0 atom stereocenters. The van der Waals surface area contributed by atoms with Gasteiger partial charge >= 0.3 is 0 Å². The summed E-state index contributed by atoms with van der Waals surface area (Å²) in [5, 5.41) is 15.4. The number of guanidine groups is 1. The Morgan fingerprint density at radius 3 is 2.61 bits per heavy atom. The van der Waals surface area contributed by atoms with E-state index in [2.05, 4.69) is 27.8 Å². The van der Waals surface area contributed by atoms with Crippen LogP contribution in [0.4, 0.5) is 0 Å². The van der Waals surface area contributed by atoms with E-state index < -0.39 is 0 Å². The Morgan fingerprint density at radius 2 is 2.00 bits per heavy atom. The van der Waals surface area contributed by atoms with Gasteiger partial charge in [-0.15, -0.1) is 24.0 Å². The summed E-state index contributed by atoms with van der Waals surface area (Å²) in [6, 6.07) is 9.73. The fourth-order valence-electron chi connectivity index (χ4n) is 2.58. The molecular weight excluding hydrogens is 399 g/mol. The van der Waals surface area contributed by atoms with Gasteiger partial charge in [0.2, 0.25) is 0 Å². The molecule has 0 heterocycles. The Labute approximate surface area is 156 Å². The topological polar surface area (TPSA) is 60.2 Å². The SMILES string of the molecule is CN=C(NCCC1=CCCCC1)NCc1ccc(C#N)cc1.I. The Morgan fingerprint density at radius 1 is 1.22 bits per heavy atom. The van der Waals surface area contributed by atoms with Gasteiger partial charge in [-0.2, -0.15) is 5.26 Å². The second kappa shape index (κ2) is 11.1. The third kappa shape index (κ3) is 7.04. The molecule has 0 amide bonds. The normalized spacial score (nSPS) is 14.3. The third-order valence-electron chi connectivity index (χ3n) is 3.89. The largest absolute Gasteiger partial charge is 0.356 e. The highest BCUT2D eigenvalue weighted by Crippen LogP contribution is 2.19. The van der Waals surface area contributed by atoms with Crippen LogP contribution in [0.3, 0.4) is 0 Å². The number of hydrogen-bond acceptors (Lipinski definition) is 2. The first-order valence-corrected chi connectivity index (χ1v) is 7.93. The Bertz CT molecular complexity index is 570. The molecule has 0 saturated carbocycles. The highest BCUT2D eigenvalue weighted by Gasteiger charge is 2.04. The minimum Gasteiger partial charge on any atom is -0.356 e. The number of nitrogens with one attached hydrogen (secondary N) is 2. The van der Waals surface area contributed by atoms with E-state index >= 15 is 0 Å². The first-order valence-electron chi connectivity index (χ1n) is 7.93.